The molecule has 1 aromatic heterocycles. The lowest BCUT2D eigenvalue weighted by Gasteiger charge is -2.33. The first-order valence-corrected chi connectivity index (χ1v) is 19.9. The van der Waals surface area contributed by atoms with E-state index in [2.05, 4.69) is 181 Å². The third-order valence-electron chi connectivity index (χ3n) is 11.4. The van der Waals surface area contributed by atoms with Gasteiger partial charge in [-0.1, -0.05) is 176 Å². The van der Waals surface area contributed by atoms with Crippen molar-refractivity contribution in [2.24, 2.45) is 9.98 Å². The van der Waals surface area contributed by atoms with Crippen LogP contribution in [-0.2, 0) is 5.41 Å². The van der Waals surface area contributed by atoms with Crippen molar-refractivity contribution in [3.63, 3.8) is 0 Å². The van der Waals surface area contributed by atoms with Crippen LogP contribution in [0.3, 0.4) is 0 Å². The summed E-state index contributed by atoms with van der Waals surface area (Å²) in [5.41, 5.74) is 12.7. The van der Waals surface area contributed by atoms with Crippen LogP contribution in [0.25, 0.3) is 42.4 Å². The Bertz CT molecular complexity index is 2940. The van der Waals surface area contributed by atoms with Crippen LogP contribution in [-0.4, -0.2) is 11.7 Å². The van der Waals surface area contributed by atoms with Crippen LogP contribution >= 0.6 is 11.3 Å². The van der Waals surface area contributed by atoms with Gasteiger partial charge in [0.1, 0.15) is 12.0 Å². The lowest BCUT2D eigenvalue weighted by Crippen LogP contribution is -2.33. The molecule has 0 saturated carbocycles. The Morgan fingerprint density at radius 3 is 1.82 bits per heavy atom. The molecular formula is C52H35N3S. The van der Waals surface area contributed by atoms with E-state index in [4.69, 9.17) is 9.98 Å². The van der Waals surface area contributed by atoms with E-state index in [1.807, 2.05) is 35.6 Å². The molecule has 1 aliphatic carbocycles. The van der Waals surface area contributed by atoms with E-state index < -0.39 is 5.41 Å². The van der Waals surface area contributed by atoms with Crippen LogP contribution in [0.4, 0.5) is 0 Å². The Hall–Kier alpha value is -6.88. The maximum absolute atomic E-state index is 5.23. The highest BCUT2D eigenvalue weighted by molar-refractivity contribution is 7.26. The quantitative estimate of drug-likeness (QED) is 0.181. The lowest BCUT2D eigenvalue weighted by molar-refractivity contribution is 0.674. The molecule has 2 heterocycles. The lowest BCUT2D eigenvalue weighted by atomic mass is 9.67. The van der Waals surface area contributed by atoms with Crippen molar-refractivity contribution in [2.45, 2.75) is 11.6 Å². The highest BCUT2D eigenvalue weighted by Crippen LogP contribution is 2.57. The van der Waals surface area contributed by atoms with Gasteiger partial charge in [-0.15, -0.1) is 11.3 Å². The molecule has 11 rings (SSSR count). The van der Waals surface area contributed by atoms with E-state index in [0.29, 0.717) is 0 Å². The third-order valence-corrected chi connectivity index (χ3v) is 12.5. The summed E-state index contributed by atoms with van der Waals surface area (Å²) in [6.07, 6.45) is -0.277. The van der Waals surface area contributed by atoms with Gasteiger partial charge in [-0.05, 0) is 74.3 Å². The van der Waals surface area contributed by atoms with Crippen molar-refractivity contribution in [2.75, 3.05) is 0 Å². The predicted molar refractivity (Wildman–Crippen MR) is 234 cm³/mol. The summed E-state index contributed by atoms with van der Waals surface area (Å²) < 4.78 is 2.50. The molecule has 4 heteroatoms. The Morgan fingerprint density at radius 2 is 1.07 bits per heavy atom. The average Bonchev–Trinajstić information content (AvgIpc) is 3.81. The molecule has 56 heavy (non-hydrogen) atoms. The smallest absolute Gasteiger partial charge is 0.159 e. The number of amidine groups is 2. The van der Waals surface area contributed by atoms with Crippen molar-refractivity contribution in [1.29, 1.82) is 0 Å². The Balaban J connectivity index is 1.14. The number of rotatable bonds is 6. The van der Waals surface area contributed by atoms with Gasteiger partial charge in [0.05, 0.1) is 5.41 Å². The van der Waals surface area contributed by atoms with E-state index >= 15 is 0 Å². The maximum Gasteiger partial charge on any atom is 0.159 e. The second-order valence-corrected chi connectivity index (χ2v) is 15.6. The van der Waals surface area contributed by atoms with Crippen molar-refractivity contribution in [3.05, 3.63) is 239 Å². The highest BCUT2D eigenvalue weighted by atomic mass is 32.1. The molecule has 1 unspecified atom stereocenters. The first-order chi connectivity index (χ1) is 27.8. The first-order valence-electron chi connectivity index (χ1n) is 19.1. The van der Waals surface area contributed by atoms with Gasteiger partial charge in [0.15, 0.2) is 5.84 Å². The summed E-state index contributed by atoms with van der Waals surface area (Å²) in [6.45, 7) is 0. The molecule has 2 aliphatic rings. The monoisotopic (exact) mass is 733 g/mol. The number of fused-ring (bicyclic) bond motifs is 6. The fourth-order valence-electron chi connectivity index (χ4n) is 8.95. The standard InChI is InChI=1S/C52H35N3S/c1-5-17-34(18-6-1)49-53-50(35-19-7-2-8-20-35)55-51(54-49)37-32-42(48-41-26-14-16-28-46(41)56-47(48)33-37)36-29-30-45-43(31-36)40-25-13-15-27-44(40)52(45,38-21-9-3-10-22-38)39-23-11-4-12-24-39/h1-33,49H,(H,53,54,55). The molecular weight excluding hydrogens is 699 g/mol. The molecule has 1 atom stereocenters. The minimum Gasteiger partial charge on any atom is -0.344 e. The van der Waals surface area contributed by atoms with Crippen molar-refractivity contribution in [3.8, 4) is 22.3 Å². The van der Waals surface area contributed by atoms with Crippen molar-refractivity contribution in [1.82, 2.24) is 5.32 Å². The number of hydrogen-bond acceptors (Lipinski definition) is 4. The second kappa shape index (κ2) is 13.2. The zero-order valence-corrected chi connectivity index (χ0v) is 31.2. The minimum atomic E-state index is -0.445. The number of hydrogen-bond donors (Lipinski definition) is 1. The zero-order chi connectivity index (χ0) is 37.1. The van der Waals surface area contributed by atoms with E-state index in [0.717, 1.165) is 28.4 Å². The fraction of sp³-hybridized carbons (Fsp3) is 0.0385. The average molecular weight is 734 g/mol. The van der Waals surface area contributed by atoms with Crippen LogP contribution in [0.15, 0.2) is 210 Å². The number of benzene rings is 8. The summed E-state index contributed by atoms with van der Waals surface area (Å²) in [4.78, 5) is 10.3. The largest absolute Gasteiger partial charge is 0.344 e. The van der Waals surface area contributed by atoms with Gasteiger partial charge in [-0.25, -0.2) is 9.98 Å². The molecule has 9 aromatic rings. The van der Waals surface area contributed by atoms with Gasteiger partial charge < -0.3 is 5.32 Å². The summed E-state index contributed by atoms with van der Waals surface area (Å²) >= 11 is 1.84. The van der Waals surface area contributed by atoms with E-state index in [1.54, 1.807) is 0 Å². The highest BCUT2D eigenvalue weighted by Gasteiger charge is 2.46. The van der Waals surface area contributed by atoms with E-state index in [1.165, 1.54) is 64.7 Å². The summed E-state index contributed by atoms with van der Waals surface area (Å²) in [6, 6.07) is 72.3. The molecule has 0 fully saturated rings. The number of aliphatic imine (C=N–C) groups is 2. The van der Waals surface area contributed by atoms with Crippen molar-refractivity contribution >= 4 is 43.2 Å². The van der Waals surface area contributed by atoms with E-state index in [9.17, 15) is 0 Å². The molecule has 264 valence electrons. The molecule has 0 amide bonds. The third kappa shape index (κ3) is 5.10. The molecule has 0 radical (unpaired) electrons. The van der Waals surface area contributed by atoms with Crippen molar-refractivity contribution < 1.29 is 0 Å². The van der Waals surface area contributed by atoms with Crippen LogP contribution in [0.1, 0.15) is 45.1 Å². The molecule has 3 nitrogen and oxygen atoms in total. The van der Waals surface area contributed by atoms with Gasteiger partial charge in [-0.2, -0.15) is 0 Å². The minimum absolute atomic E-state index is 0.277. The molecule has 1 N–H and O–H groups in total. The van der Waals surface area contributed by atoms with Gasteiger partial charge in [0, 0.05) is 31.3 Å². The van der Waals surface area contributed by atoms with Crippen LogP contribution in [0.5, 0.6) is 0 Å². The van der Waals surface area contributed by atoms with Crippen LogP contribution in [0.2, 0.25) is 0 Å². The predicted octanol–water partition coefficient (Wildman–Crippen LogP) is 12.6. The van der Waals surface area contributed by atoms with Gasteiger partial charge >= 0.3 is 0 Å². The number of thiophene rings is 1. The number of nitrogens with zero attached hydrogens (tertiary/aromatic N) is 2. The van der Waals surface area contributed by atoms with E-state index in [-0.39, 0.29) is 6.17 Å². The SMILES string of the molecule is c1ccc(C2=NC(c3ccccc3)NC(c3cc(-c4ccc5c(c4)-c4ccccc4C5(c4ccccc4)c4ccccc4)c4c(c3)sc3ccccc34)=N2)cc1. The number of nitrogens with one attached hydrogen (secondary N) is 1. The van der Waals surface area contributed by atoms with Gasteiger partial charge in [-0.3, -0.25) is 0 Å². The maximum atomic E-state index is 5.23. The second-order valence-electron chi connectivity index (χ2n) is 14.5. The Morgan fingerprint density at radius 1 is 0.464 bits per heavy atom. The van der Waals surface area contributed by atoms with Gasteiger partial charge in [0.25, 0.3) is 0 Å². The first kappa shape index (κ1) is 32.5. The molecule has 1 aliphatic heterocycles. The molecule has 0 bridgehead atoms. The summed E-state index contributed by atoms with van der Waals surface area (Å²) in [5, 5.41) is 6.27. The Labute approximate surface area is 330 Å². The normalized spacial score (nSPS) is 15.5. The van der Waals surface area contributed by atoms with Crippen LogP contribution < -0.4 is 5.32 Å². The fourth-order valence-corrected chi connectivity index (χ4v) is 10.1. The summed E-state index contributed by atoms with van der Waals surface area (Å²) in [7, 11) is 0. The summed E-state index contributed by atoms with van der Waals surface area (Å²) in [5.74, 6) is 1.53. The topological polar surface area (TPSA) is 36.8 Å². The van der Waals surface area contributed by atoms with Gasteiger partial charge in [0.2, 0.25) is 0 Å². The molecule has 0 spiro atoms. The van der Waals surface area contributed by atoms with Crippen LogP contribution in [0, 0.1) is 0 Å². The Kier molecular flexibility index (Phi) is 7.64. The zero-order valence-electron chi connectivity index (χ0n) is 30.4. The molecule has 0 saturated heterocycles. The molecule has 8 aromatic carbocycles.